The number of aromatic nitrogens is 1. The van der Waals surface area contributed by atoms with E-state index >= 15 is 0 Å². The van der Waals surface area contributed by atoms with Crippen LogP contribution in [0.4, 0.5) is 10.8 Å². The van der Waals surface area contributed by atoms with E-state index in [9.17, 15) is 4.79 Å². The van der Waals surface area contributed by atoms with Gasteiger partial charge in [0.15, 0.2) is 5.13 Å². The molecule has 0 aliphatic heterocycles. The Morgan fingerprint density at radius 1 is 1.20 bits per heavy atom. The normalized spacial score (nSPS) is 10.4. The molecule has 0 radical (unpaired) electrons. The summed E-state index contributed by atoms with van der Waals surface area (Å²) < 4.78 is 5.41. The van der Waals surface area contributed by atoms with Crippen LogP contribution in [-0.2, 0) is 11.2 Å². The third kappa shape index (κ3) is 4.36. The molecule has 3 N–H and O–H groups in total. The summed E-state index contributed by atoms with van der Waals surface area (Å²) in [5, 5.41) is 5.35. The van der Waals surface area contributed by atoms with Crippen molar-refractivity contribution < 1.29 is 9.53 Å². The summed E-state index contributed by atoms with van der Waals surface area (Å²) in [4.78, 5) is 16.7. The second kappa shape index (κ2) is 7.81. The summed E-state index contributed by atoms with van der Waals surface area (Å²) >= 11 is 1.38. The van der Waals surface area contributed by atoms with Gasteiger partial charge >= 0.3 is 0 Å². The molecule has 3 rings (SSSR count). The summed E-state index contributed by atoms with van der Waals surface area (Å²) in [7, 11) is 0. The van der Waals surface area contributed by atoms with Crippen molar-refractivity contribution in [3.63, 3.8) is 0 Å². The second-order valence-electron chi connectivity index (χ2n) is 5.42. The number of nitrogens with one attached hydrogen (secondary N) is 1. The van der Waals surface area contributed by atoms with Crippen LogP contribution in [0, 0.1) is 0 Å². The summed E-state index contributed by atoms with van der Waals surface area (Å²) in [5.74, 6) is 0.720. The Bertz CT molecular complexity index is 859. The van der Waals surface area contributed by atoms with E-state index in [1.54, 1.807) is 0 Å². The van der Waals surface area contributed by atoms with Gasteiger partial charge in [-0.1, -0.05) is 30.3 Å². The SMILES string of the molecule is CCOc1ccc(CC(=O)Nc2ccccc2-c2csc(N)n2)cc1. The molecule has 0 spiro atoms. The lowest BCUT2D eigenvalue weighted by Crippen LogP contribution is -2.15. The van der Waals surface area contributed by atoms with E-state index in [2.05, 4.69) is 10.3 Å². The number of thiazole rings is 1. The van der Waals surface area contributed by atoms with Gasteiger partial charge in [-0.15, -0.1) is 11.3 Å². The van der Waals surface area contributed by atoms with Crippen LogP contribution in [0.1, 0.15) is 12.5 Å². The van der Waals surface area contributed by atoms with Crippen molar-refractivity contribution in [2.24, 2.45) is 0 Å². The first-order valence-electron chi connectivity index (χ1n) is 7.97. The lowest BCUT2D eigenvalue weighted by Gasteiger charge is -2.10. The van der Waals surface area contributed by atoms with Crippen LogP contribution in [-0.4, -0.2) is 17.5 Å². The fourth-order valence-corrected chi connectivity index (χ4v) is 3.04. The zero-order valence-corrected chi connectivity index (χ0v) is 14.7. The Balaban J connectivity index is 1.71. The number of nitrogens with two attached hydrogens (primary N) is 1. The highest BCUT2D eigenvalue weighted by atomic mass is 32.1. The van der Waals surface area contributed by atoms with Crippen molar-refractivity contribution in [1.29, 1.82) is 0 Å². The molecule has 0 bridgehead atoms. The highest BCUT2D eigenvalue weighted by Gasteiger charge is 2.11. The maximum absolute atomic E-state index is 12.4. The fraction of sp³-hybridized carbons (Fsp3) is 0.158. The average molecular weight is 353 g/mol. The Morgan fingerprint density at radius 2 is 1.96 bits per heavy atom. The minimum atomic E-state index is -0.0835. The van der Waals surface area contributed by atoms with E-state index in [4.69, 9.17) is 10.5 Å². The van der Waals surface area contributed by atoms with Gasteiger partial charge in [-0.25, -0.2) is 4.98 Å². The molecule has 0 fully saturated rings. The highest BCUT2D eigenvalue weighted by Crippen LogP contribution is 2.29. The molecule has 2 aromatic carbocycles. The number of hydrogen-bond donors (Lipinski definition) is 2. The number of nitrogen functional groups attached to an aromatic ring is 1. The summed E-state index contributed by atoms with van der Waals surface area (Å²) in [6.07, 6.45) is 0.292. The molecule has 1 amide bonds. The predicted molar refractivity (Wildman–Crippen MR) is 102 cm³/mol. The van der Waals surface area contributed by atoms with Crippen LogP contribution in [0.5, 0.6) is 5.75 Å². The Labute approximate surface area is 150 Å². The molecule has 0 saturated heterocycles. The van der Waals surface area contributed by atoms with Gasteiger partial charge < -0.3 is 15.8 Å². The smallest absolute Gasteiger partial charge is 0.228 e. The predicted octanol–water partition coefficient (Wildman–Crippen LogP) is 3.97. The maximum atomic E-state index is 12.4. The van der Waals surface area contributed by atoms with Gasteiger partial charge in [-0.05, 0) is 30.7 Å². The van der Waals surface area contributed by atoms with Gasteiger partial charge in [0.05, 0.1) is 24.4 Å². The Kier molecular flexibility index (Phi) is 5.30. The van der Waals surface area contributed by atoms with Crippen LogP contribution < -0.4 is 15.8 Å². The van der Waals surface area contributed by atoms with Crippen LogP contribution in [0.2, 0.25) is 0 Å². The van der Waals surface area contributed by atoms with E-state index in [-0.39, 0.29) is 5.91 Å². The zero-order valence-electron chi connectivity index (χ0n) is 13.9. The van der Waals surface area contributed by atoms with Gasteiger partial charge in [0.1, 0.15) is 5.75 Å². The van der Waals surface area contributed by atoms with Crippen LogP contribution in [0.3, 0.4) is 0 Å². The Hall–Kier alpha value is -2.86. The minimum Gasteiger partial charge on any atom is -0.494 e. The van der Waals surface area contributed by atoms with E-state index in [1.807, 2.05) is 60.8 Å². The first-order chi connectivity index (χ1) is 12.2. The fourth-order valence-electron chi connectivity index (χ4n) is 2.48. The largest absolute Gasteiger partial charge is 0.494 e. The first-order valence-corrected chi connectivity index (χ1v) is 8.85. The van der Waals surface area contributed by atoms with Crippen molar-refractivity contribution in [1.82, 2.24) is 4.98 Å². The number of carbonyl (C=O) groups excluding carboxylic acids is 1. The van der Waals surface area contributed by atoms with Crippen LogP contribution in [0.25, 0.3) is 11.3 Å². The van der Waals surface area contributed by atoms with E-state index in [1.165, 1.54) is 11.3 Å². The van der Waals surface area contributed by atoms with E-state index < -0.39 is 0 Å². The third-order valence-corrected chi connectivity index (χ3v) is 4.27. The molecule has 0 aliphatic carbocycles. The Morgan fingerprint density at radius 3 is 2.64 bits per heavy atom. The van der Waals surface area contributed by atoms with Gasteiger partial charge in [0, 0.05) is 10.9 Å². The summed E-state index contributed by atoms with van der Waals surface area (Å²) in [5.41, 5.74) is 8.99. The van der Waals surface area contributed by atoms with E-state index in [0.717, 1.165) is 28.3 Å². The number of amides is 1. The zero-order chi connectivity index (χ0) is 17.6. The maximum Gasteiger partial charge on any atom is 0.228 e. The van der Waals surface area contributed by atoms with Crippen molar-refractivity contribution in [3.05, 3.63) is 59.5 Å². The molecule has 3 aromatic rings. The van der Waals surface area contributed by atoms with Gasteiger partial charge in [0.2, 0.25) is 5.91 Å². The molecule has 1 heterocycles. The molecule has 6 heteroatoms. The number of ether oxygens (including phenoxy) is 1. The molecule has 0 saturated carbocycles. The lowest BCUT2D eigenvalue weighted by atomic mass is 10.1. The molecule has 0 atom stereocenters. The summed E-state index contributed by atoms with van der Waals surface area (Å²) in [6, 6.07) is 15.1. The molecule has 0 aliphatic rings. The monoisotopic (exact) mass is 353 g/mol. The number of rotatable bonds is 6. The molecular weight excluding hydrogens is 334 g/mol. The third-order valence-electron chi connectivity index (χ3n) is 3.60. The second-order valence-corrected chi connectivity index (χ2v) is 6.31. The molecule has 1 aromatic heterocycles. The molecular formula is C19H19N3O2S. The number of anilines is 2. The first kappa shape index (κ1) is 17.0. The number of nitrogens with zero attached hydrogens (tertiary/aromatic N) is 1. The van der Waals surface area contributed by atoms with Crippen LogP contribution in [0.15, 0.2) is 53.9 Å². The molecule has 0 unspecified atom stereocenters. The van der Waals surface area contributed by atoms with Gasteiger partial charge in [-0.3, -0.25) is 4.79 Å². The molecule has 5 nitrogen and oxygen atoms in total. The van der Waals surface area contributed by atoms with Crippen molar-refractivity contribution in [2.75, 3.05) is 17.7 Å². The standard InChI is InChI=1S/C19H19N3O2S/c1-2-24-14-9-7-13(8-10-14)11-18(23)21-16-6-4-3-5-15(16)17-12-25-19(20)22-17/h3-10,12H,2,11H2,1H3,(H2,20,22)(H,21,23). The average Bonchev–Trinajstić information content (AvgIpc) is 3.03. The van der Waals surface area contributed by atoms with Crippen molar-refractivity contribution >= 4 is 28.1 Å². The minimum absolute atomic E-state index is 0.0835. The van der Waals surface area contributed by atoms with Gasteiger partial charge in [0.25, 0.3) is 0 Å². The van der Waals surface area contributed by atoms with Crippen molar-refractivity contribution in [3.8, 4) is 17.0 Å². The highest BCUT2D eigenvalue weighted by molar-refractivity contribution is 7.13. The van der Waals surface area contributed by atoms with Crippen LogP contribution >= 0.6 is 11.3 Å². The molecule has 128 valence electrons. The van der Waals surface area contributed by atoms with Crippen molar-refractivity contribution in [2.45, 2.75) is 13.3 Å². The summed E-state index contributed by atoms with van der Waals surface area (Å²) in [6.45, 7) is 2.56. The number of para-hydroxylation sites is 1. The molecule has 25 heavy (non-hydrogen) atoms. The topological polar surface area (TPSA) is 77.2 Å². The number of carbonyl (C=O) groups is 1. The quantitative estimate of drug-likeness (QED) is 0.703. The van der Waals surface area contributed by atoms with E-state index in [0.29, 0.717) is 18.2 Å². The number of benzene rings is 2. The van der Waals surface area contributed by atoms with Gasteiger partial charge in [-0.2, -0.15) is 0 Å². The lowest BCUT2D eigenvalue weighted by molar-refractivity contribution is -0.115. The number of hydrogen-bond acceptors (Lipinski definition) is 5.